The highest BCUT2D eigenvalue weighted by atomic mass is 79.9. The lowest BCUT2D eigenvalue weighted by atomic mass is 10.1. The second-order valence-corrected chi connectivity index (χ2v) is 5.90. The van der Waals surface area contributed by atoms with E-state index in [-0.39, 0.29) is 5.91 Å². The minimum absolute atomic E-state index is 0.210. The summed E-state index contributed by atoms with van der Waals surface area (Å²) in [6.07, 6.45) is 1.64. The van der Waals surface area contributed by atoms with Crippen molar-refractivity contribution in [1.29, 1.82) is 0 Å². The van der Waals surface area contributed by atoms with Gasteiger partial charge in [0.1, 0.15) is 0 Å². The molecule has 0 aliphatic heterocycles. The Morgan fingerprint density at radius 3 is 2.88 bits per heavy atom. The molecule has 3 N–H and O–H groups in total. The van der Waals surface area contributed by atoms with Crippen LogP contribution in [0.15, 0.2) is 28.2 Å². The van der Waals surface area contributed by atoms with Crippen molar-refractivity contribution in [2.45, 2.75) is 6.92 Å². The minimum atomic E-state index is -0.210. The number of nitrogens with zero attached hydrogens (tertiary/aromatic N) is 1. The Kier molecular flexibility index (Phi) is 3.44. The summed E-state index contributed by atoms with van der Waals surface area (Å²) in [5, 5.41) is 3.27. The normalized spacial score (nSPS) is 10.2. The molecule has 1 heterocycles. The molecule has 0 saturated heterocycles. The molecule has 1 amide bonds. The Bertz CT molecular complexity index is 568. The molecule has 4 nitrogen and oxygen atoms in total. The number of aromatic nitrogens is 1. The highest BCUT2D eigenvalue weighted by molar-refractivity contribution is 9.11. The summed E-state index contributed by atoms with van der Waals surface area (Å²) in [5.41, 5.74) is 7.85. The zero-order chi connectivity index (χ0) is 12.4. The van der Waals surface area contributed by atoms with E-state index in [1.54, 1.807) is 18.3 Å². The SMILES string of the molecule is Cc1ccc(C(=O)Nc2ncc(Br)s2)cc1N. The van der Waals surface area contributed by atoms with E-state index < -0.39 is 0 Å². The quantitative estimate of drug-likeness (QED) is 0.838. The summed E-state index contributed by atoms with van der Waals surface area (Å²) in [7, 11) is 0. The number of halogens is 1. The lowest BCUT2D eigenvalue weighted by molar-refractivity contribution is 0.102. The molecule has 88 valence electrons. The number of hydrogen-bond donors (Lipinski definition) is 2. The van der Waals surface area contributed by atoms with E-state index in [4.69, 9.17) is 5.73 Å². The van der Waals surface area contributed by atoms with Gasteiger partial charge in [0.25, 0.3) is 5.91 Å². The second kappa shape index (κ2) is 4.85. The molecule has 0 atom stereocenters. The summed E-state index contributed by atoms with van der Waals surface area (Å²) >= 11 is 4.64. The summed E-state index contributed by atoms with van der Waals surface area (Å²) in [5.74, 6) is -0.210. The number of carbonyl (C=O) groups is 1. The van der Waals surface area contributed by atoms with Crippen molar-refractivity contribution in [2.24, 2.45) is 0 Å². The van der Waals surface area contributed by atoms with Gasteiger partial charge in [-0.2, -0.15) is 0 Å². The minimum Gasteiger partial charge on any atom is -0.398 e. The third kappa shape index (κ3) is 2.83. The van der Waals surface area contributed by atoms with Gasteiger partial charge in [-0.05, 0) is 40.5 Å². The molecule has 0 fully saturated rings. The second-order valence-electron chi connectivity index (χ2n) is 3.50. The molecule has 2 aromatic rings. The number of nitrogen functional groups attached to an aromatic ring is 1. The third-order valence-corrected chi connectivity index (χ3v) is 3.63. The molecule has 0 saturated carbocycles. The van der Waals surface area contributed by atoms with E-state index in [1.165, 1.54) is 11.3 Å². The number of amides is 1. The van der Waals surface area contributed by atoms with Crippen LogP contribution in [0.3, 0.4) is 0 Å². The van der Waals surface area contributed by atoms with Gasteiger partial charge in [-0.25, -0.2) is 4.98 Å². The third-order valence-electron chi connectivity index (χ3n) is 2.24. The predicted molar refractivity (Wildman–Crippen MR) is 73.4 cm³/mol. The molecule has 0 aliphatic rings. The Labute approximate surface area is 111 Å². The topological polar surface area (TPSA) is 68.0 Å². The van der Waals surface area contributed by atoms with Gasteiger partial charge in [0.2, 0.25) is 0 Å². The first-order valence-corrected chi connectivity index (χ1v) is 6.46. The molecular weight excluding hydrogens is 302 g/mol. The molecule has 17 heavy (non-hydrogen) atoms. The number of thiazole rings is 1. The van der Waals surface area contributed by atoms with E-state index in [9.17, 15) is 4.79 Å². The van der Waals surface area contributed by atoms with Gasteiger partial charge >= 0.3 is 0 Å². The molecule has 1 aromatic carbocycles. The number of rotatable bonds is 2. The van der Waals surface area contributed by atoms with Crippen molar-refractivity contribution in [3.05, 3.63) is 39.3 Å². The maximum Gasteiger partial charge on any atom is 0.257 e. The van der Waals surface area contributed by atoms with Gasteiger partial charge in [0.15, 0.2) is 5.13 Å². The molecular formula is C11H10BrN3OS. The van der Waals surface area contributed by atoms with Crippen LogP contribution in [-0.2, 0) is 0 Å². The van der Waals surface area contributed by atoms with E-state index >= 15 is 0 Å². The first kappa shape index (κ1) is 12.1. The van der Waals surface area contributed by atoms with Gasteiger partial charge in [-0.3, -0.25) is 10.1 Å². The lowest BCUT2D eigenvalue weighted by Gasteiger charge is -2.04. The van der Waals surface area contributed by atoms with Crippen molar-refractivity contribution < 1.29 is 4.79 Å². The van der Waals surface area contributed by atoms with Crippen molar-refractivity contribution in [2.75, 3.05) is 11.1 Å². The largest absolute Gasteiger partial charge is 0.398 e. The van der Waals surface area contributed by atoms with Gasteiger partial charge in [-0.1, -0.05) is 17.4 Å². The van der Waals surface area contributed by atoms with Crippen molar-refractivity contribution in [1.82, 2.24) is 4.98 Å². The number of hydrogen-bond acceptors (Lipinski definition) is 4. The van der Waals surface area contributed by atoms with Crippen LogP contribution in [0, 0.1) is 6.92 Å². The molecule has 0 spiro atoms. The summed E-state index contributed by atoms with van der Waals surface area (Å²) < 4.78 is 0.872. The molecule has 0 unspecified atom stereocenters. The first-order chi connectivity index (χ1) is 8.06. The highest BCUT2D eigenvalue weighted by Crippen LogP contribution is 2.23. The van der Waals surface area contributed by atoms with Crippen molar-refractivity contribution in [3.63, 3.8) is 0 Å². The maximum atomic E-state index is 11.9. The van der Waals surface area contributed by atoms with E-state index in [2.05, 4.69) is 26.2 Å². The Morgan fingerprint density at radius 1 is 1.53 bits per heavy atom. The Morgan fingerprint density at radius 2 is 2.29 bits per heavy atom. The fourth-order valence-electron chi connectivity index (χ4n) is 1.26. The first-order valence-electron chi connectivity index (χ1n) is 4.85. The summed E-state index contributed by atoms with van der Waals surface area (Å²) in [6, 6.07) is 5.22. The molecule has 0 bridgehead atoms. The summed E-state index contributed by atoms with van der Waals surface area (Å²) in [4.78, 5) is 15.9. The van der Waals surface area contributed by atoms with Crippen LogP contribution >= 0.6 is 27.3 Å². The van der Waals surface area contributed by atoms with Crippen LogP contribution in [-0.4, -0.2) is 10.9 Å². The number of anilines is 2. The molecule has 6 heteroatoms. The molecule has 0 aliphatic carbocycles. The average Bonchev–Trinajstić information content (AvgIpc) is 2.68. The van der Waals surface area contributed by atoms with Crippen LogP contribution in [0.2, 0.25) is 0 Å². The molecule has 1 aromatic heterocycles. The average molecular weight is 312 g/mol. The number of benzene rings is 1. The van der Waals surface area contributed by atoms with Crippen LogP contribution in [0.4, 0.5) is 10.8 Å². The molecule has 0 radical (unpaired) electrons. The highest BCUT2D eigenvalue weighted by Gasteiger charge is 2.09. The van der Waals surface area contributed by atoms with Gasteiger partial charge in [0.05, 0.1) is 9.98 Å². The Balaban J connectivity index is 2.17. The zero-order valence-corrected chi connectivity index (χ0v) is 11.4. The van der Waals surface area contributed by atoms with E-state index in [0.29, 0.717) is 16.4 Å². The standard InChI is InChI=1S/C11H10BrN3OS/c1-6-2-3-7(4-8(6)13)10(16)15-11-14-5-9(12)17-11/h2-5H,13H2,1H3,(H,14,15,16). The zero-order valence-electron chi connectivity index (χ0n) is 9.03. The van der Waals surface area contributed by atoms with Crippen molar-refractivity contribution >= 4 is 44.0 Å². The van der Waals surface area contributed by atoms with E-state index in [1.807, 2.05) is 13.0 Å². The fraction of sp³-hybridized carbons (Fsp3) is 0.0909. The maximum absolute atomic E-state index is 11.9. The van der Waals surface area contributed by atoms with Crippen LogP contribution in [0.1, 0.15) is 15.9 Å². The number of carbonyl (C=O) groups excluding carboxylic acids is 1. The monoisotopic (exact) mass is 311 g/mol. The van der Waals surface area contributed by atoms with Gasteiger partial charge in [0, 0.05) is 11.3 Å². The predicted octanol–water partition coefficient (Wildman–Crippen LogP) is 3.05. The van der Waals surface area contributed by atoms with Crippen LogP contribution < -0.4 is 11.1 Å². The van der Waals surface area contributed by atoms with Crippen molar-refractivity contribution in [3.8, 4) is 0 Å². The lowest BCUT2D eigenvalue weighted by Crippen LogP contribution is -2.12. The van der Waals surface area contributed by atoms with Crippen LogP contribution in [0.25, 0.3) is 0 Å². The number of nitrogens with two attached hydrogens (primary N) is 1. The smallest absolute Gasteiger partial charge is 0.257 e. The Hall–Kier alpha value is -1.40. The van der Waals surface area contributed by atoms with Gasteiger partial charge in [-0.15, -0.1) is 0 Å². The van der Waals surface area contributed by atoms with E-state index in [0.717, 1.165) is 9.35 Å². The number of nitrogens with one attached hydrogen (secondary N) is 1. The fourth-order valence-corrected chi connectivity index (χ4v) is 2.36. The van der Waals surface area contributed by atoms with Gasteiger partial charge < -0.3 is 5.73 Å². The summed E-state index contributed by atoms with van der Waals surface area (Å²) in [6.45, 7) is 1.90. The molecule has 2 rings (SSSR count). The van der Waals surface area contributed by atoms with Crippen LogP contribution in [0.5, 0.6) is 0 Å². The number of aryl methyl sites for hydroxylation is 1.